The van der Waals surface area contributed by atoms with Gasteiger partial charge in [0.1, 0.15) is 12.4 Å². The van der Waals surface area contributed by atoms with Crippen LogP contribution in [0.5, 0.6) is 5.75 Å². The highest BCUT2D eigenvalue weighted by Gasteiger charge is 2.30. The normalized spacial score (nSPS) is 15.0. The Balaban J connectivity index is 1.47. The molecule has 0 aromatic heterocycles. The van der Waals surface area contributed by atoms with Gasteiger partial charge in [0, 0.05) is 11.1 Å². The lowest BCUT2D eigenvalue weighted by Crippen LogP contribution is -2.14. The van der Waals surface area contributed by atoms with Crippen LogP contribution in [0, 0.1) is 11.6 Å². The molecule has 1 aliphatic rings. The predicted molar refractivity (Wildman–Crippen MR) is 109 cm³/mol. The lowest BCUT2D eigenvalue weighted by Gasteiger charge is -2.19. The van der Waals surface area contributed by atoms with Crippen molar-refractivity contribution in [3.63, 3.8) is 0 Å². The van der Waals surface area contributed by atoms with Crippen LogP contribution in [0.4, 0.5) is 22.0 Å². The number of hydrogen-bond donors (Lipinski definition) is 0. The summed E-state index contributed by atoms with van der Waals surface area (Å²) in [7, 11) is 0. The molecule has 3 aromatic rings. The second kappa shape index (κ2) is 8.57. The van der Waals surface area contributed by atoms with Gasteiger partial charge < -0.3 is 4.74 Å². The molecule has 0 bridgehead atoms. The smallest absolute Gasteiger partial charge is 0.416 e. The van der Waals surface area contributed by atoms with Crippen LogP contribution in [0.25, 0.3) is 6.08 Å². The molecule has 0 fully saturated rings. The summed E-state index contributed by atoms with van der Waals surface area (Å²) in [6.45, 7) is 0.0446. The maximum absolute atomic E-state index is 13.3. The number of carbonyl (C=O) groups is 1. The van der Waals surface area contributed by atoms with Gasteiger partial charge in [-0.1, -0.05) is 18.2 Å². The first kappa shape index (κ1) is 21.7. The molecule has 0 N–H and O–H groups in total. The molecule has 0 amide bonds. The third kappa shape index (κ3) is 4.72. The van der Waals surface area contributed by atoms with Gasteiger partial charge in [-0.25, -0.2) is 8.78 Å². The first-order chi connectivity index (χ1) is 15.2. The minimum atomic E-state index is -4.41. The van der Waals surface area contributed by atoms with E-state index in [0.29, 0.717) is 40.9 Å². The molecule has 3 aromatic carbocycles. The fraction of sp³-hybridized carbons (Fsp3) is 0.160. The number of carbonyl (C=O) groups excluding carboxylic acids is 1. The number of Topliss-reactive ketones (excluding diaryl/α,β-unsaturated/α-hetero) is 1. The van der Waals surface area contributed by atoms with Crippen LogP contribution in [-0.4, -0.2) is 5.78 Å². The third-order valence-corrected chi connectivity index (χ3v) is 5.25. The van der Waals surface area contributed by atoms with Gasteiger partial charge in [0.05, 0.1) is 5.56 Å². The third-order valence-electron chi connectivity index (χ3n) is 5.25. The summed E-state index contributed by atoms with van der Waals surface area (Å²) in [6.07, 6.45) is -1.79. The van der Waals surface area contributed by atoms with Gasteiger partial charge in [0.25, 0.3) is 0 Å². The average molecular weight is 444 g/mol. The Morgan fingerprint density at radius 1 is 0.875 bits per heavy atom. The molecule has 164 valence electrons. The number of allylic oxidation sites excluding steroid dienone is 1. The number of aryl methyl sites for hydroxylation is 1. The number of ketones is 1. The van der Waals surface area contributed by atoms with E-state index in [4.69, 9.17) is 4.74 Å². The Labute approximate surface area is 181 Å². The van der Waals surface area contributed by atoms with Crippen molar-refractivity contribution >= 4 is 11.9 Å². The molecule has 0 unspecified atom stereocenters. The average Bonchev–Trinajstić information content (AvgIpc) is 2.76. The quantitative estimate of drug-likeness (QED) is 0.328. The van der Waals surface area contributed by atoms with Crippen molar-refractivity contribution in [1.82, 2.24) is 0 Å². The van der Waals surface area contributed by atoms with Crippen LogP contribution < -0.4 is 4.74 Å². The van der Waals surface area contributed by atoms with E-state index in [2.05, 4.69) is 0 Å². The summed E-state index contributed by atoms with van der Waals surface area (Å²) in [5.41, 5.74) is 2.08. The SMILES string of the molecule is O=C1/C(=C/c2ccc(C(F)(F)F)cc2)CCc2cc(OCc3ccc(F)c(F)c3)ccc21. The zero-order valence-electron chi connectivity index (χ0n) is 16.7. The highest BCUT2D eigenvalue weighted by Crippen LogP contribution is 2.32. The Morgan fingerprint density at radius 2 is 1.62 bits per heavy atom. The number of ether oxygens (including phenoxy) is 1. The molecule has 0 spiro atoms. The second-order valence-corrected chi connectivity index (χ2v) is 7.47. The second-order valence-electron chi connectivity index (χ2n) is 7.47. The fourth-order valence-corrected chi connectivity index (χ4v) is 3.55. The Bertz CT molecular complexity index is 1190. The van der Waals surface area contributed by atoms with Crippen molar-refractivity contribution in [2.75, 3.05) is 0 Å². The molecule has 0 radical (unpaired) electrons. The number of benzene rings is 3. The molecule has 0 aliphatic heterocycles. The molecule has 32 heavy (non-hydrogen) atoms. The van der Waals surface area contributed by atoms with E-state index < -0.39 is 23.4 Å². The molecule has 1 aliphatic carbocycles. The van der Waals surface area contributed by atoms with E-state index in [1.165, 1.54) is 18.2 Å². The molecule has 0 atom stereocenters. The van der Waals surface area contributed by atoms with Crippen LogP contribution in [0.15, 0.2) is 66.2 Å². The van der Waals surface area contributed by atoms with Gasteiger partial charge in [-0.2, -0.15) is 13.2 Å². The van der Waals surface area contributed by atoms with Crippen LogP contribution in [0.2, 0.25) is 0 Å². The number of hydrogen-bond acceptors (Lipinski definition) is 2. The van der Waals surface area contributed by atoms with Gasteiger partial charge >= 0.3 is 6.18 Å². The zero-order chi connectivity index (χ0) is 22.9. The van der Waals surface area contributed by atoms with Crippen molar-refractivity contribution in [3.05, 3.63) is 106 Å². The predicted octanol–water partition coefficient (Wildman–Crippen LogP) is 6.78. The molecule has 0 saturated carbocycles. The molecular weight excluding hydrogens is 427 g/mol. The summed E-state index contributed by atoms with van der Waals surface area (Å²) >= 11 is 0. The number of halogens is 5. The van der Waals surface area contributed by atoms with Crippen LogP contribution in [0.1, 0.15) is 39.0 Å². The Hall–Kier alpha value is -3.48. The monoisotopic (exact) mass is 444 g/mol. The number of alkyl halides is 3. The lowest BCUT2D eigenvalue weighted by molar-refractivity contribution is -0.137. The summed E-state index contributed by atoms with van der Waals surface area (Å²) < 4.78 is 70.1. The first-order valence-corrected chi connectivity index (χ1v) is 9.83. The van der Waals surface area contributed by atoms with Crippen LogP contribution in [-0.2, 0) is 19.2 Å². The van der Waals surface area contributed by atoms with E-state index in [-0.39, 0.29) is 12.4 Å². The molecule has 7 heteroatoms. The van der Waals surface area contributed by atoms with Crippen molar-refractivity contribution in [2.45, 2.75) is 25.6 Å². The maximum Gasteiger partial charge on any atom is 0.416 e. The van der Waals surface area contributed by atoms with E-state index >= 15 is 0 Å². The number of fused-ring (bicyclic) bond motifs is 1. The van der Waals surface area contributed by atoms with E-state index in [9.17, 15) is 26.7 Å². The maximum atomic E-state index is 13.3. The summed E-state index contributed by atoms with van der Waals surface area (Å²) in [6, 6.07) is 13.2. The standard InChI is InChI=1S/C25H17F5O2/c26-22-10-3-16(12-23(22)27)14-32-20-8-9-21-17(13-20)4-5-18(24(21)31)11-15-1-6-19(7-2-15)25(28,29)30/h1-3,6-13H,4-5,14H2/b18-11+. The van der Waals surface area contributed by atoms with Crippen molar-refractivity contribution in [3.8, 4) is 5.75 Å². The molecular formula is C25H17F5O2. The lowest BCUT2D eigenvalue weighted by atomic mass is 9.86. The van der Waals surface area contributed by atoms with E-state index in [0.717, 1.165) is 29.8 Å². The Kier molecular flexibility index (Phi) is 5.82. The van der Waals surface area contributed by atoms with Gasteiger partial charge in [0.15, 0.2) is 17.4 Å². The highest BCUT2D eigenvalue weighted by atomic mass is 19.4. The summed E-state index contributed by atoms with van der Waals surface area (Å²) in [4.78, 5) is 12.8. The van der Waals surface area contributed by atoms with Gasteiger partial charge in [0.2, 0.25) is 0 Å². The minimum Gasteiger partial charge on any atom is -0.489 e. The molecule has 0 heterocycles. The van der Waals surface area contributed by atoms with Crippen molar-refractivity contribution in [1.29, 1.82) is 0 Å². The molecule has 4 rings (SSSR count). The fourth-order valence-electron chi connectivity index (χ4n) is 3.55. The van der Waals surface area contributed by atoms with Gasteiger partial charge in [-0.05, 0) is 78.1 Å². The molecule has 0 saturated heterocycles. The number of rotatable bonds is 4. The van der Waals surface area contributed by atoms with Crippen molar-refractivity contribution in [2.24, 2.45) is 0 Å². The van der Waals surface area contributed by atoms with E-state index in [1.54, 1.807) is 24.3 Å². The van der Waals surface area contributed by atoms with Gasteiger partial charge in [-0.3, -0.25) is 4.79 Å². The molecule has 2 nitrogen and oxygen atoms in total. The van der Waals surface area contributed by atoms with Crippen LogP contribution in [0.3, 0.4) is 0 Å². The Morgan fingerprint density at radius 3 is 2.31 bits per heavy atom. The largest absolute Gasteiger partial charge is 0.489 e. The van der Waals surface area contributed by atoms with E-state index in [1.807, 2.05) is 0 Å². The van der Waals surface area contributed by atoms with Crippen LogP contribution >= 0.6 is 0 Å². The topological polar surface area (TPSA) is 26.3 Å². The zero-order valence-corrected chi connectivity index (χ0v) is 16.7. The van der Waals surface area contributed by atoms with Gasteiger partial charge in [-0.15, -0.1) is 0 Å². The first-order valence-electron chi connectivity index (χ1n) is 9.83. The van der Waals surface area contributed by atoms with Crippen molar-refractivity contribution < 1.29 is 31.5 Å². The summed E-state index contributed by atoms with van der Waals surface area (Å²) in [5.74, 6) is -1.56. The summed E-state index contributed by atoms with van der Waals surface area (Å²) in [5, 5.41) is 0. The highest BCUT2D eigenvalue weighted by molar-refractivity contribution is 6.13. The minimum absolute atomic E-state index is 0.0446.